The lowest BCUT2D eigenvalue weighted by atomic mass is 10.2. The molecule has 1 heterocycles. The number of nitrogens with zero attached hydrogens (tertiary/aromatic N) is 1. The summed E-state index contributed by atoms with van der Waals surface area (Å²) in [6, 6.07) is 4.63. The third-order valence-corrected chi connectivity index (χ3v) is 4.43. The summed E-state index contributed by atoms with van der Waals surface area (Å²) in [6.07, 6.45) is -0.453. The minimum Gasteiger partial charge on any atom is -0.495 e. The van der Waals surface area contributed by atoms with E-state index < -0.39 is 35.7 Å². The Morgan fingerprint density at radius 1 is 1.24 bits per heavy atom. The third-order valence-electron chi connectivity index (χ3n) is 4.43. The standard InChI is InChI=1S/C21H30N2O6/c1-13-9-10-17(27-6)15(12-13)22-18(24)14(2)28-19(25)16-8-7-11-23(16)20(26)29-21(3,4)5/h9-10,12,14,16H,7-8,11H2,1-6H3,(H,22,24)/t14-,16+/m1/s1. The van der Waals surface area contributed by atoms with Gasteiger partial charge in [0.05, 0.1) is 12.8 Å². The van der Waals surface area contributed by atoms with E-state index in [0.717, 1.165) is 5.56 Å². The zero-order valence-corrected chi connectivity index (χ0v) is 17.9. The maximum Gasteiger partial charge on any atom is 0.411 e. The molecule has 1 aliphatic rings. The van der Waals surface area contributed by atoms with Crippen LogP contribution in [0, 0.1) is 6.92 Å². The first-order valence-corrected chi connectivity index (χ1v) is 9.67. The molecule has 29 heavy (non-hydrogen) atoms. The van der Waals surface area contributed by atoms with Gasteiger partial charge in [-0.1, -0.05) is 6.07 Å². The molecule has 160 valence electrons. The van der Waals surface area contributed by atoms with Gasteiger partial charge in [0.15, 0.2) is 6.10 Å². The third kappa shape index (κ3) is 6.10. The van der Waals surface area contributed by atoms with Gasteiger partial charge in [-0.25, -0.2) is 9.59 Å². The monoisotopic (exact) mass is 406 g/mol. The number of hydrogen-bond acceptors (Lipinski definition) is 6. The van der Waals surface area contributed by atoms with Crippen LogP contribution >= 0.6 is 0 Å². The topological polar surface area (TPSA) is 94.2 Å². The molecule has 1 saturated heterocycles. The first-order chi connectivity index (χ1) is 13.5. The molecule has 0 aliphatic carbocycles. The van der Waals surface area contributed by atoms with Crippen LogP contribution < -0.4 is 10.1 Å². The summed E-state index contributed by atoms with van der Waals surface area (Å²) < 4.78 is 15.9. The van der Waals surface area contributed by atoms with E-state index in [2.05, 4.69) is 5.32 Å². The van der Waals surface area contributed by atoms with Gasteiger partial charge >= 0.3 is 12.1 Å². The van der Waals surface area contributed by atoms with E-state index in [9.17, 15) is 14.4 Å². The van der Waals surface area contributed by atoms with Crippen molar-refractivity contribution in [1.82, 2.24) is 4.90 Å². The predicted octanol–water partition coefficient (Wildman–Crippen LogP) is 3.27. The van der Waals surface area contributed by atoms with E-state index in [1.165, 1.54) is 18.9 Å². The van der Waals surface area contributed by atoms with Crippen molar-refractivity contribution in [3.8, 4) is 5.75 Å². The van der Waals surface area contributed by atoms with Gasteiger partial charge in [-0.15, -0.1) is 0 Å². The van der Waals surface area contributed by atoms with E-state index in [0.29, 0.717) is 30.8 Å². The Hall–Kier alpha value is -2.77. The Labute approximate surface area is 171 Å². The number of benzene rings is 1. The van der Waals surface area contributed by atoms with E-state index in [-0.39, 0.29) is 0 Å². The molecule has 1 aliphatic heterocycles. The fraction of sp³-hybridized carbons (Fsp3) is 0.571. The lowest BCUT2D eigenvalue weighted by Gasteiger charge is -2.28. The fourth-order valence-electron chi connectivity index (χ4n) is 3.01. The van der Waals surface area contributed by atoms with Crippen LogP contribution in [0.15, 0.2) is 18.2 Å². The number of carbonyl (C=O) groups is 3. The normalized spacial score (nSPS) is 17.4. The van der Waals surface area contributed by atoms with Gasteiger partial charge in [0.2, 0.25) is 0 Å². The predicted molar refractivity (Wildman–Crippen MR) is 108 cm³/mol. The highest BCUT2D eigenvalue weighted by Crippen LogP contribution is 2.26. The minimum atomic E-state index is -1.03. The zero-order chi connectivity index (χ0) is 21.8. The maximum absolute atomic E-state index is 12.6. The average Bonchev–Trinajstić information content (AvgIpc) is 3.10. The highest BCUT2D eigenvalue weighted by Gasteiger charge is 2.38. The second kappa shape index (κ2) is 9.15. The Kier molecular flexibility index (Phi) is 7.11. The van der Waals surface area contributed by atoms with Crippen molar-refractivity contribution in [2.45, 2.75) is 65.2 Å². The molecule has 0 unspecified atom stereocenters. The molecule has 1 aromatic rings. The molecule has 0 radical (unpaired) electrons. The first-order valence-electron chi connectivity index (χ1n) is 9.67. The molecule has 0 bridgehead atoms. The van der Waals surface area contributed by atoms with Gasteiger partial charge in [0.1, 0.15) is 17.4 Å². The Bertz CT molecular complexity index is 771. The van der Waals surface area contributed by atoms with E-state index >= 15 is 0 Å². The van der Waals surface area contributed by atoms with Crippen molar-refractivity contribution < 1.29 is 28.6 Å². The summed E-state index contributed by atoms with van der Waals surface area (Å²) in [5.41, 5.74) is 0.787. The molecule has 2 amide bonds. The van der Waals surface area contributed by atoms with Crippen LogP contribution in [0.2, 0.25) is 0 Å². The molecule has 1 aromatic carbocycles. The lowest BCUT2D eigenvalue weighted by Crippen LogP contribution is -2.45. The Morgan fingerprint density at radius 3 is 2.55 bits per heavy atom. The average molecular weight is 406 g/mol. The zero-order valence-electron chi connectivity index (χ0n) is 17.9. The number of nitrogens with one attached hydrogen (secondary N) is 1. The van der Waals surface area contributed by atoms with Gasteiger partial charge in [0, 0.05) is 6.54 Å². The van der Waals surface area contributed by atoms with Crippen LogP contribution in [0.1, 0.15) is 46.1 Å². The number of likely N-dealkylation sites (tertiary alicyclic amines) is 1. The summed E-state index contributed by atoms with van der Waals surface area (Å²) in [4.78, 5) is 38.8. The van der Waals surface area contributed by atoms with Gasteiger partial charge in [-0.05, 0) is 65.2 Å². The van der Waals surface area contributed by atoms with Crippen LogP contribution in [-0.2, 0) is 19.1 Å². The number of amides is 2. The molecule has 0 aromatic heterocycles. The quantitative estimate of drug-likeness (QED) is 0.754. The maximum atomic E-state index is 12.6. The summed E-state index contributed by atoms with van der Waals surface area (Å²) in [5.74, 6) is -0.592. The highest BCUT2D eigenvalue weighted by molar-refractivity contribution is 5.96. The summed E-state index contributed by atoms with van der Waals surface area (Å²) in [7, 11) is 1.51. The van der Waals surface area contributed by atoms with Crippen molar-refractivity contribution >= 4 is 23.7 Å². The van der Waals surface area contributed by atoms with E-state index in [4.69, 9.17) is 14.2 Å². The van der Waals surface area contributed by atoms with E-state index in [1.54, 1.807) is 32.9 Å². The number of aryl methyl sites for hydroxylation is 1. The summed E-state index contributed by atoms with van der Waals surface area (Å²) >= 11 is 0. The molecule has 0 spiro atoms. The molecule has 8 nitrogen and oxygen atoms in total. The van der Waals surface area contributed by atoms with Gasteiger partial charge < -0.3 is 19.5 Å². The highest BCUT2D eigenvalue weighted by atomic mass is 16.6. The van der Waals surface area contributed by atoms with Crippen LogP contribution in [-0.4, -0.2) is 54.3 Å². The lowest BCUT2D eigenvalue weighted by molar-refractivity contribution is -0.157. The SMILES string of the molecule is COc1ccc(C)cc1NC(=O)[C@@H](C)OC(=O)[C@@H]1CCCN1C(=O)OC(C)(C)C. The molecular weight excluding hydrogens is 376 g/mol. The molecule has 2 atom stereocenters. The second-order valence-corrected chi connectivity index (χ2v) is 8.10. The number of rotatable bonds is 5. The number of esters is 1. The van der Waals surface area contributed by atoms with Crippen molar-refractivity contribution in [3.05, 3.63) is 23.8 Å². The molecule has 2 rings (SSSR count). The van der Waals surface area contributed by atoms with Gasteiger partial charge in [0.25, 0.3) is 5.91 Å². The summed E-state index contributed by atoms with van der Waals surface area (Å²) in [6.45, 7) is 9.09. The van der Waals surface area contributed by atoms with Crippen LogP contribution in [0.3, 0.4) is 0 Å². The van der Waals surface area contributed by atoms with Crippen LogP contribution in [0.4, 0.5) is 10.5 Å². The van der Waals surface area contributed by atoms with Crippen molar-refractivity contribution in [2.75, 3.05) is 19.0 Å². The Morgan fingerprint density at radius 2 is 1.93 bits per heavy atom. The van der Waals surface area contributed by atoms with Crippen molar-refractivity contribution in [3.63, 3.8) is 0 Å². The molecular formula is C21H30N2O6. The van der Waals surface area contributed by atoms with E-state index in [1.807, 2.05) is 13.0 Å². The van der Waals surface area contributed by atoms with Crippen molar-refractivity contribution in [1.29, 1.82) is 0 Å². The smallest absolute Gasteiger partial charge is 0.411 e. The minimum absolute atomic E-state index is 0.412. The molecule has 8 heteroatoms. The number of ether oxygens (including phenoxy) is 3. The summed E-state index contributed by atoms with van der Waals surface area (Å²) in [5, 5.41) is 2.72. The molecule has 1 fully saturated rings. The van der Waals surface area contributed by atoms with Crippen molar-refractivity contribution in [2.24, 2.45) is 0 Å². The molecule has 0 saturated carbocycles. The largest absolute Gasteiger partial charge is 0.495 e. The number of carbonyl (C=O) groups excluding carboxylic acids is 3. The second-order valence-electron chi connectivity index (χ2n) is 8.10. The molecule has 1 N–H and O–H groups in total. The number of methoxy groups -OCH3 is 1. The first kappa shape index (κ1) is 22.5. The van der Waals surface area contributed by atoms with Crippen LogP contribution in [0.5, 0.6) is 5.75 Å². The van der Waals surface area contributed by atoms with Gasteiger partial charge in [-0.2, -0.15) is 0 Å². The number of hydrogen-bond donors (Lipinski definition) is 1. The van der Waals surface area contributed by atoms with Gasteiger partial charge in [-0.3, -0.25) is 9.69 Å². The Balaban J connectivity index is 1.99. The number of anilines is 1. The van der Waals surface area contributed by atoms with Crippen LogP contribution in [0.25, 0.3) is 0 Å². The fourth-order valence-corrected chi connectivity index (χ4v) is 3.01.